The number of aromatic hydroxyl groups is 1. The number of halogens is 3. The summed E-state index contributed by atoms with van der Waals surface area (Å²) in [7, 11) is 0.0278. The van der Waals surface area contributed by atoms with E-state index in [2.05, 4.69) is 47.4 Å². The van der Waals surface area contributed by atoms with Gasteiger partial charge in [0.2, 0.25) is 0 Å². The Morgan fingerprint density at radius 1 is 0.355 bits per heavy atom. The highest BCUT2D eigenvalue weighted by atomic mass is 35.9. The van der Waals surface area contributed by atoms with Crippen molar-refractivity contribution in [3.05, 3.63) is 334 Å². The summed E-state index contributed by atoms with van der Waals surface area (Å²) in [5, 5.41) is 80.3. The van der Waals surface area contributed by atoms with Crippen LogP contribution in [0.3, 0.4) is 0 Å². The molecule has 9 aromatic carbocycles. The first-order valence-electron chi connectivity index (χ1n) is 25.6. The van der Waals surface area contributed by atoms with Gasteiger partial charge >= 0.3 is 11.9 Å². The van der Waals surface area contributed by atoms with Crippen LogP contribution < -0.4 is 4.74 Å². The second kappa shape index (κ2) is 36.0. The lowest BCUT2D eigenvalue weighted by molar-refractivity contribution is -0.394. The normalized spacial score (nSPS) is 9.45. The molecule has 0 aliphatic heterocycles. The molecule has 9 rings (SSSR count). The minimum atomic E-state index is -1.46. The molecule has 0 aromatic heterocycles. The maximum Gasteiger partial charge on any atom is 0.344 e. The molecular formula is C65H38Cl3N6O18P. The van der Waals surface area contributed by atoms with Crippen LogP contribution in [0.15, 0.2) is 212 Å². The molecular weight excluding hydrogens is 1290 g/mol. The highest BCUT2D eigenvalue weighted by Gasteiger charge is 2.22. The molecule has 0 aliphatic rings. The largest absolute Gasteiger partial charge is 0.508 e. The molecule has 2 N–H and O–H groups in total. The zero-order valence-corrected chi connectivity index (χ0v) is 50.2. The number of ether oxygens (including phenoxy) is 1. The number of non-ortho nitro benzene ring substituents is 6. The van der Waals surface area contributed by atoms with Gasteiger partial charge in [-0.2, -0.15) is 0 Å². The first kappa shape index (κ1) is 71.1. The molecule has 0 saturated carbocycles. The second-order valence-corrected chi connectivity index (χ2v) is 20.0. The molecule has 0 aliphatic carbocycles. The first-order chi connectivity index (χ1) is 44.4. The summed E-state index contributed by atoms with van der Waals surface area (Å²) in [5.74, 6) is 22.7. The van der Waals surface area contributed by atoms with E-state index in [0.29, 0.717) is 11.6 Å². The van der Waals surface area contributed by atoms with E-state index in [9.17, 15) is 80.2 Å². The molecule has 0 amide bonds. The van der Waals surface area contributed by atoms with Gasteiger partial charge in [0.05, 0.1) is 66.2 Å². The van der Waals surface area contributed by atoms with Crippen molar-refractivity contribution in [1.82, 2.24) is 0 Å². The van der Waals surface area contributed by atoms with Crippen molar-refractivity contribution in [3.8, 4) is 58.9 Å². The first-order valence-corrected chi connectivity index (χ1v) is 29.0. The molecule has 28 heteroatoms. The highest BCUT2D eigenvalue weighted by molar-refractivity contribution is 7.90. The smallest absolute Gasteiger partial charge is 0.344 e. The number of nitro benzene ring substituents is 6. The van der Waals surface area contributed by atoms with Crippen molar-refractivity contribution in [2.45, 2.75) is 0 Å². The number of esters is 1. The number of rotatable bonds is 10. The number of phenolic OH excluding ortho intramolecular Hbond substituents is 1. The van der Waals surface area contributed by atoms with Gasteiger partial charge in [-0.3, -0.25) is 65.5 Å². The van der Waals surface area contributed by atoms with Gasteiger partial charge in [0, 0.05) is 86.5 Å². The van der Waals surface area contributed by atoms with Crippen LogP contribution in [0.5, 0.6) is 11.5 Å². The maximum atomic E-state index is 12.4. The van der Waals surface area contributed by atoms with Crippen LogP contribution >= 0.6 is 41.4 Å². The monoisotopic (exact) mass is 1330 g/mol. The number of carboxylic acid groups (broad SMARTS) is 1. The van der Waals surface area contributed by atoms with Crippen LogP contribution in [-0.2, 0) is 0 Å². The predicted octanol–water partition coefficient (Wildman–Crippen LogP) is 14.8. The van der Waals surface area contributed by atoms with Crippen LogP contribution in [0.25, 0.3) is 0 Å². The van der Waals surface area contributed by atoms with Gasteiger partial charge in [-0.05, 0) is 133 Å². The van der Waals surface area contributed by atoms with Gasteiger partial charge in [-0.25, -0.2) is 9.59 Å². The number of carbonyl (C=O) groups is 3. The lowest BCUT2D eigenvalue weighted by Gasteiger charge is -2.04. The van der Waals surface area contributed by atoms with Gasteiger partial charge in [0.15, 0.2) is 0 Å². The van der Waals surface area contributed by atoms with Crippen molar-refractivity contribution in [2.75, 3.05) is 0 Å². The SMILES string of the molecule is ClPCl.O=C(Cl)c1cc([N+](=O)[O-])cc([N+](=O)[O-])c1.O=C(O)c1cc([N+](=O)[O-])cc([N+](=O)[O-])c1.O=C(Oc1ccc(C#Cc2ccc(C#Cc3ccccc3)cc2)cc1)c1cc([N+](=O)[O-])cc([N+](=O)[O-])c1.Oc1ccc(C#Cc2ccc(C#Cc3ccccc3)cc2)cc1. The number of phenols is 1. The third-order valence-corrected chi connectivity index (χ3v) is 11.6. The fourth-order valence-electron chi connectivity index (χ4n) is 6.98. The van der Waals surface area contributed by atoms with Crippen molar-refractivity contribution in [2.24, 2.45) is 0 Å². The van der Waals surface area contributed by atoms with E-state index in [1.54, 1.807) is 36.4 Å². The number of carbonyl (C=O) groups excluding carboxylic acids is 2. The molecule has 0 radical (unpaired) electrons. The van der Waals surface area contributed by atoms with Crippen molar-refractivity contribution in [3.63, 3.8) is 0 Å². The molecule has 93 heavy (non-hydrogen) atoms. The van der Waals surface area contributed by atoms with Gasteiger partial charge in [0.1, 0.15) is 11.5 Å². The molecule has 0 heterocycles. The van der Waals surface area contributed by atoms with E-state index < -0.39 is 86.4 Å². The Kier molecular flexibility index (Phi) is 27.5. The number of nitrogens with zero attached hydrogens (tertiary/aromatic N) is 6. The molecule has 462 valence electrons. The zero-order valence-electron chi connectivity index (χ0n) is 47.0. The average molecular weight is 1330 g/mol. The molecule has 24 nitrogen and oxygen atoms in total. The number of hydrogen-bond donors (Lipinski definition) is 2. The van der Waals surface area contributed by atoms with Crippen LogP contribution in [0.4, 0.5) is 34.1 Å². The lowest BCUT2D eigenvalue weighted by atomic mass is 10.1. The summed E-state index contributed by atoms with van der Waals surface area (Å²) >= 11 is 14.7. The Hall–Kier alpha value is -12.7. The molecule has 0 atom stereocenters. The van der Waals surface area contributed by atoms with E-state index in [4.69, 9.17) is 43.9 Å². The van der Waals surface area contributed by atoms with Gasteiger partial charge in [-0.15, -0.1) is 0 Å². The fraction of sp³-hybridized carbons (Fsp3) is 0. The highest BCUT2D eigenvalue weighted by Crippen LogP contribution is 2.27. The third-order valence-electron chi connectivity index (χ3n) is 11.3. The Morgan fingerprint density at radius 3 is 0.828 bits per heavy atom. The molecule has 0 spiro atoms. The molecule has 0 fully saturated rings. The summed E-state index contributed by atoms with van der Waals surface area (Å²) in [6, 6.07) is 55.5. The lowest BCUT2D eigenvalue weighted by Crippen LogP contribution is -2.09. The van der Waals surface area contributed by atoms with E-state index >= 15 is 0 Å². The van der Waals surface area contributed by atoms with Crippen LogP contribution in [0.2, 0.25) is 0 Å². The number of carboxylic acids is 1. The molecule has 9 aromatic rings. The minimum Gasteiger partial charge on any atom is -0.508 e. The fourth-order valence-corrected chi connectivity index (χ4v) is 7.09. The van der Waals surface area contributed by atoms with Gasteiger partial charge < -0.3 is 14.9 Å². The Balaban J connectivity index is 0.000000239. The summed E-state index contributed by atoms with van der Waals surface area (Å²) in [5.41, 5.74) is 2.46. The van der Waals surface area contributed by atoms with E-state index in [-0.39, 0.29) is 29.9 Å². The Morgan fingerprint density at radius 2 is 0.581 bits per heavy atom. The van der Waals surface area contributed by atoms with Gasteiger partial charge in [0.25, 0.3) is 39.4 Å². The van der Waals surface area contributed by atoms with Crippen LogP contribution in [-0.4, -0.2) is 56.9 Å². The van der Waals surface area contributed by atoms with Crippen LogP contribution in [0, 0.1) is 108 Å². The number of hydrogen-bond acceptors (Lipinski definition) is 17. The second-order valence-electron chi connectivity index (χ2n) is 17.8. The number of nitro groups is 6. The minimum absolute atomic E-state index is 0.0278. The average Bonchev–Trinajstić information content (AvgIpc) is 1.40. The van der Waals surface area contributed by atoms with Crippen molar-refractivity contribution in [1.29, 1.82) is 0 Å². The number of aromatic carboxylic acids is 1. The molecule has 0 saturated heterocycles. The summed E-state index contributed by atoms with van der Waals surface area (Å²) in [6.07, 6.45) is 0. The van der Waals surface area contributed by atoms with Crippen molar-refractivity contribution < 1.29 is 58.9 Å². The third kappa shape index (κ3) is 24.4. The van der Waals surface area contributed by atoms with E-state index in [1.807, 2.05) is 109 Å². The standard InChI is InChI=1S/C29H16N2O6.C22H14O.C7H3ClN2O5.C7H4N2O6.Cl2HP/c32-29(25-18-26(30(33)34)20-27(19-25)31(35)36)37-28-16-14-24(15-17-28)13-12-23-10-8-22(9-11-23)7-6-21-4-2-1-3-5-21;23-22-16-14-21(15-17-22)13-12-20-10-8-19(9-11-20)7-6-18-4-2-1-3-5-18;8-7(11)4-1-5(9(12)13)3-6(2-4)10(14)15;10-7(11)4-1-5(8(12)13)3-6(2-4)9(14)15;1-3-2/h1-5,8-11,14-20H;1-5,8-11,14-17,23H;1-3H;1-3H,(H,10,11);3H. The molecule has 0 bridgehead atoms. The zero-order chi connectivity index (χ0) is 68.0. The molecule has 0 unspecified atom stereocenters. The summed E-state index contributed by atoms with van der Waals surface area (Å²) in [6.45, 7) is 0. The van der Waals surface area contributed by atoms with Gasteiger partial charge in [-0.1, -0.05) is 106 Å². The van der Waals surface area contributed by atoms with Crippen molar-refractivity contribution >= 4 is 92.7 Å². The van der Waals surface area contributed by atoms with Crippen LogP contribution in [0.1, 0.15) is 75.6 Å². The predicted molar refractivity (Wildman–Crippen MR) is 346 cm³/mol. The summed E-state index contributed by atoms with van der Waals surface area (Å²) in [4.78, 5) is 92.0. The summed E-state index contributed by atoms with van der Waals surface area (Å²) < 4.78 is 5.21. The topological polar surface area (TPSA) is 360 Å². The van der Waals surface area contributed by atoms with E-state index in [1.165, 1.54) is 12.1 Å². The maximum absolute atomic E-state index is 12.4. The number of benzene rings is 9. The van der Waals surface area contributed by atoms with E-state index in [0.717, 1.165) is 87.5 Å². The quantitative estimate of drug-likeness (QED) is 0.0244. The Bertz CT molecular complexity index is 4270. The Labute approximate surface area is 541 Å².